The number of aliphatic hydroxyl groups is 1. The molecule has 7 heteroatoms. The molecule has 2 aliphatic heterocycles. The van der Waals surface area contributed by atoms with Crippen LogP contribution in [0.2, 0.25) is 0 Å². The molecule has 0 unspecified atom stereocenters. The van der Waals surface area contributed by atoms with Crippen molar-refractivity contribution in [3.63, 3.8) is 0 Å². The van der Waals surface area contributed by atoms with Crippen LogP contribution in [0, 0.1) is 0 Å². The third kappa shape index (κ3) is 4.18. The van der Waals surface area contributed by atoms with Gasteiger partial charge in [0.15, 0.2) is 0 Å². The van der Waals surface area contributed by atoms with E-state index >= 15 is 0 Å². The van der Waals surface area contributed by atoms with Crippen LogP contribution in [0.3, 0.4) is 0 Å². The van der Waals surface area contributed by atoms with Gasteiger partial charge in [0, 0.05) is 20.0 Å². The topological polar surface area (TPSA) is 88.1 Å². The van der Waals surface area contributed by atoms with Gasteiger partial charge in [-0.25, -0.2) is 0 Å². The molecule has 0 aromatic carbocycles. The van der Waals surface area contributed by atoms with Gasteiger partial charge < -0.3 is 24.8 Å². The lowest BCUT2D eigenvalue weighted by Crippen LogP contribution is -2.57. The summed E-state index contributed by atoms with van der Waals surface area (Å²) in [5.41, 5.74) is 0. The van der Waals surface area contributed by atoms with Gasteiger partial charge in [0.05, 0.1) is 37.9 Å². The molecule has 0 radical (unpaired) electrons. The molecule has 126 valence electrons. The summed E-state index contributed by atoms with van der Waals surface area (Å²) >= 11 is 0. The number of β-amino-alcohol motifs (C(OH)–C–C–N with tert-alkyl or cyclic N) is 1. The molecule has 0 aromatic rings. The molecular formula is C15H26N2O5. The normalized spacial score (nSPS) is 32.6. The zero-order chi connectivity index (χ0) is 16.1. The van der Waals surface area contributed by atoms with Crippen LogP contribution in [0.15, 0.2) is 0 Å². The quantitative estimate of drug-likeness (QED) is 0.745. The Morgan fingerprint density at radius 3 is 2.77 bits per heavy atom. The third-order valence-electron chi connectivity index (χ3n) is 4.30. The summed E-state index contributed by atoms with van der Waals surface area (Å²) in [6.07, 6.45) is 1.15. The molecule has 0 aromatic heterocycles. The lowest BCUT2D eigenvalue weighted by Gasteiger charge is -2.44. The Kier molecular flexibility index (Phi) is 6.16. The number of carbonyl (C=O) groups is 2. The van der Waals surface area contributed by atoms with Crippen LogP contribution in [0.1, 0.15) is 32.6 Å². The number of hydrogen-bond donors (Lipinski definition) is 2. The highest BCUT2D eigenvalue weighted by Crippen LogP contribution is 2.28. The van der Waals surface area contributed by atoms with Crippen LogP contribution in [-0.4, -0.2) is 73.0 Å². The Hall–Kier alpha value is -1.18. The van der Waals surface area contributed by atoms with Crippen molar-refractivity contribution in [2.45, 2.75) is 57.0 Å². The number of ether oxygens (including phenoxy) is 2. The molecule has 0 spiro atoms. The molecule has 7 nitrogen and oxygen atoms in total. The van der Waals surface area contributed by atoms with Gasteiger partial charge in [-0.2, -0.15) is 0 Å². The minimum absolute atomic E-state index is 0.0179. The third-order valence-corrected chi connectivity index (χ3v) is 4.30. The highest BCUT2D eigenvalue weighted by molar-refractivity contribution is 5.76. The fraction of sp³-hybridized carbons (Fsp3) is 0.867. The van der Waals surface area contributed by atoms with Crippen LogP contribution in [-0.2, 0) is 19.1 Å². The number of carbonyl (C=O) groups excluding carboxylic acids is 2. The van der Waals surface area contributed by atoms with Crippen molar-refractivity contribution in [3.05, 3.63) is 0 Å². The monoisotopic (exact) mass is 314 g/mol. The summed E-state index contributed by atoms with van der Waals surface area (Å²) in [6, 6.07) is -0.0941. The van der Waals surface area contributed by atoms with Crippen molar-refractivity contribution in [1.82, 2.24) is 10.2 Å². The molecule has 2 fully saturated rings. The number of fused-ring (bicyclic) bond motifs is 1. The zero-order valence-corrected chi connectivity index (χ0v) is 13.3. The molecule has 0 saturated carbocycles. The molecule has 4 atom stereocenters. The summed E-state index contributed by atoms with van der Waals surface area (Å²) in [5, 5.41) is 12.5. The Morgan fingerprint density at radius 2 is 2.09 bits per heavy atom. The van der Waals surface area contributed by atoms with Crippen molar-refractivity contribution in [2.24, 2.45) is 0 Å². The van der Waals surface area contributed by atoms with Gasteiger partial charge in [-0.05, 0) is 12.8 Å². The highest BCUT2D eigenvalue weighted by atomic mass is 16.5. The smallest absolute Gasteiger partial charge is 0.222 e. The van der Waals surface area contributed by atoms with Crippen molar-refractivity contribution in [2.75, 3.05) is 26.8 Å². The molecule has 2 amide bonds. The van der Waals surface area contributed by atoms with Gasteiger partial charge in [0.2, 0.25) is 11.8 Å². The highest BCUT2D eigenvalue weighted by Gasteiger charge is 2.39. The van der Waals surface area contributed by atoms with Crippen molar-refractivity contribution in [3.8, 4) is 0 Å². The molecule has 2 N–H and O–H groups in total. The molecule has 2 saturated heterocycles. The number of aliphatic hydroxyl groups excluding tert-OH is 1. The fourth-order valence-corrected chi connectivity index (χ4v) is 3.14. The Morgan fingerprint density at radius 1 is 1.32 bits per heavy atom. The van der Waals surface area contributed by atoms with Gasteiger partial charge in [-0.3, -0.25) is 9.59 Å². The van der Waals surface area contributed by atoms with E-state index in [0.717, 1.165) is 12.8 Å². The predicted molar refractivity (Wildman–Crippen MR) is 79.2 cm³/mol. The van der Waals surface area contributed by atoms with Gasteiger partial charge in [0.1, 0.15) is 6.10 Å². The van der Waals surface area contributed by atoms with Crippen LogP contribution >= 0.6 is 0 Å². The summed E-state index contributed by atoms with van der Waals surface area (Å²) in [6.45, 7) is 2.62. The Labute approximate surface area is 130 Å². The fourth-order valence-electron chi connectivity index (χ4n) is 3.14. The number of hydrogen-bond acceptors (Lipinski definition) is 5. The van der Waals surface area contributed by atoms with E-state index in [4.69, 9.17) is 9.47 Å². The van der Waals surface area contributed by atoms with E-state index < -0.39 is 6.10 Å². The van der Waals surface area contributed by atoms with E-state index in [1.807, 2.05) is 6.92 Å². The van der Waals surface area contributed by atoms with E-state index in [0.29, 0.717) is 19.4 Å². The summed E-state index contributed by atoms with van der Waals surface area (Å²) in [7, 11) is 1.61. The Balaban J connectivity index is 2.06. The van der Waals surface area contributed by atoms with E-state index in [2.05, 4.69) is 5.32 Å². The minimum atomic E-state index is -0.667. The molecule has 2 heterocycles. The standard InChI is InChI=1S/C15H26N2O5/c1-3-15(20)17-7-10(18)8-21-9-13-12(17)5-4-11(22-13)6-14(19)16-2/h10-13,18H,3-9H2,1-2H3,(H,16,19)/t10-,11+,12+,13-/m0/s1. The van der Waals surface area contributed by atoms with E-state index in [1.165, 1.54) is 0 Å². The molecule has 0 bridgehead atoms. The second-order valence-electron chi connectivity index (χ2n) is 5.91. The summed E-state index contributed by atoms with van der Waals surface area (Å²) in [4.78, 5) is 25.4. The zero-order valence-electron chi connectivity index (χ0n) is 13.3. The van der Waals surface area contributed by atoms with Gasteiger partial charge in [-0.15, -0.1) is 0 Å². The molecule has 22 heavy (non-hydrogen) atoms. The number of rotatable bonds is 3. The lowest BCUT2D eigenvalue weighted by atomic mass is 9.94. The Bertz CT molecular complexity index is 403. The minimum Gasteiger partial charge on any atom is -0.389 e. The second-order valence-corrected chi connectivity index (χ2v) is 5.91. The number of nitrogens with one attached hydrogen (secondary N) is 1. The molecule has 2 aliphatic rings. The SMILES string of the molecule is CCC(=O)N1C[C@H](O)COC[C@@H]2O[C@@H](CC(=O)NC)CC[C@H]21. The van der Waals surface area contributed by atoms with E-state index in [1.54, 1.807) is 11.9 Å². The second kappa shape index (κ2) is 7.89. The first kappa shape index (κ1) is 17.2. The summed E-state index contributed by atoms with van der Waals surface area (Å²) < 4.78 is 11.5. The maximum Gasteiger partial charge on any atom is 0.222 e. The first-order chi connectivity index (χ1) is 10.5. The predicted octanol–water partition coefficient (Wildman–Crippen LogP) is -0.332. The van der Waals surface area contributed by atoms with Crippen molar-refractivity contribution < 1.29 is 24.2 Å². The number of amides is 2. The largest absolute Gasteiger partial charge is 0.389 e. The van der Waals surface area contributed by atoms with Crippen LogP contribution in [0.5, 0.6) is 0 Å². The first-order valence-electron chi connectivity index (χ1n) is 7.96. The maximum atomic E-state index is 12.2. The van der Waals surface area contributed by atoms with Crippen LogP contribution < -0.4 is 5.32 Å². The van der Waals surface area contributed by atoms with E-state index in [-0.39, 0.29) is 43.2 Å². The lowest BCUT2D eigenvalue weighted by molar-refractivity contribution is -0.169. The van der Waals surface area contributed by atoms with Crippen molar-refractivity contribution in [1.29, 1.82) is 0 Å². The van der Waals surface area contributed by atoms with Crippen molar-refractivity contribution >= 4 is 11.8 Å². The van der Waals surface area contributed by atoms with Gasteiger partial charge in [0.25, 0.3) is 0 Å². The molecule has 0 aliphatic carbocycles. The van der Waals surface area contributed by atoms with Crippen LogP contribution in [0.25, 0.3) is 0 Å². The molecular weight excluding hydrogens is 288 g/mol. The average Bonchev–Trinajstić information content (AvgIpc) is 2.50. The maximum absolute atomic E-state index is 12.2. The number of nitrogens with zero attached hydrogens (tertiary/aromatic N) is 1. The van der Waals surface area contributed by atoms with Crippen LogP contribution in [0.4, 0.5) is 0 Å². The molecule has 2 rings (SSSR count). The van der Waals surface area contributed by atoms with E-state index in [9.17, 15) is 14.7 Å². The first-order valence-corrected chi connectivity index (χ1v) is 7.96. The van der Waals surface area contributed by atoms with Gasteiger partial charge in [-0.1, -0.05) is 6.92 Å². The summed E-state index contributed by atoms with van der Waals surface area (Å²) in [5.74, 6) is -0.0311. The average molecular weight is 314 g/mol. The van der Waals surface area contributed by atoms with Gasteiger partial charge >= 0.3 is 0 Å².